The van der Waals surface area contributed by atoms with Crippen LogP contribution in [0.15, 0.2) is 0 Å². The third kappa shape index (κ3) is 3.71. The molecular formula is C16H32N2. The summed E-state index contributed by atoms with van der Waals surface area (Å²) in [7, 11) is 2.15. The summed E-state index contributed by atoms with van der Waals surface area (Å²) >= 11 is 0. The van der Waals surface area contributed by atoms with Crippen LogP contribution in [-0.4, -0.2) is 37.1 Å². The predicted octanol–water partition coefficient (Wildman–Crippen LogP) is 3.28. The highest BCUT2D eigenvalue weighted by molar-refractivity contribution is 4.95. The van der Waals surface area contributed by atoms with E-state index in [-0.39, 0.29) is 0 Å². The minimum Gasteiger partial charge on any atom is -0.315 e. The Bertz CT molecular complexity index is 258. The van der Waals surface area contributed by atoms with Crippen LogP contribution in [0.3, 0.4) is 0 Å². The van der Waals surface area contributed by atoms with Gasteiger partial charge in [0, 0.05) is 18.6 Å². The zero-order valence-corrected chi connectivity index (χ0v) is 12.8. The van der Waals surface area contributed by atoms with Crippen LogP contribution >= 0.6 is 0 Å². The molecular weight excluding hydrogens is 220 g/mol. The average molecular weight is 252 g/mol. The largest absolute Gasteiger partial charge is 0.315 e. The van der Waals surface area contributed by atoms with Gasteiger partial charge in [-0.1, -0.05) is 20.8 Å². The topological polar surface area (TPSA) is 15.3 Å². The van der Waals surface area contributed by atoms with Gasteiger partial charge in [0.2, 0.25) is 0 Å². The molecule has 0 amide bonds. The maximum absolute atomic E-state index is 3.58. The lowest BCUT2D eigenvalue weighted by molar-refractivity contribution is 0.0640. The lowest BCUT2D eigenvalue weighted by Gasteiger charge is -2.46. The first kappa shape index (κ1) is 14.3. The van der Waals surface area contributed by atoms with Crippen molar-refractivity contribution in [1.82, 2.24) is 10.2 Å². The number of likely N-dealkylation sites (N-methyl/N-ethyl adjacent to an activating group) is 1. The van der Waals surface area contributed by atoms with E-state index in [9.17, 15) is 0 Å². The molecule has 0 spiro atoms. The molecule has 0 saturated heterocycles. The van der Waals surface area contributed by atoms with Crippen LogP contribution in [0, 0.1) is 11.3 Å². The molecule has 0 aliphatic heterocycles. The summed E-state index contributed by atoms with van der Waals surface area (Å²) in [4.78, 5) is 2.81. The molecule has 2 rings (SSSR count). The van der Waals surface area contributed by atoms with Crippen molar-refractivity contribution in [2.45, 2.75) is 71.4 Å². The van der Waals surface area contributed by atoms with Gasteiger partial charge in [-0.3, -0.25) is 4.90 Å². The Morgan fingerprint density at radius 1 is 1.22 bits per heavy atom. The Labute approximate surface area is 114 Å². The van der Waals surface area contributed by atoms with Crippen molar-refractivity contribution < 1.29 is 0 Å². The number of hydrogen-bond donors (Lipinski definition) is 1. The van der Waals surface area contributed by atoms with E-state index in [4.69, 9.17) is 0 Å². The van der Waals surface area contributed by atoms with Gasteiger partial charge in [-0.2, -0.15) is 0 Å². The smallest absolute Gasteiger partial charge is 0.0254 e. The van der Waals surface area contributed by atoms with Crippen LogP contribution in [0.5, 0.6) is 0 Å². The van der Waals surface area contributed by atoms with Crippen LogP contribution in [0.1, 0.15) is 59.3 Å². The van der Waals surface area contributed by atoms with E-state index >= 15 is 0 Å². The minimum atomic E-state index is 0.535. The average Bonchev–Trinajstić information content (AvgIpc) is 3.11. The normalized spacial score (nSPS) is 31.8. The van der Waals surface area contributed by atoms with E-state index in [1.54, 1.807) is 0 Å². The van der Waals surface area contributed by atoms with Crippen molar-refractivity contribution in [3.8, 4) is 0 Å². The van der Waals surface area contributed by atoms with Gasteiger partial charge in [0.25, 0.3) is 0 Å². The van der Waals surface area contributed by atoms with Gasteiger partial charge in [0.1, 0.15) is 0 Å². The minimum absolute atomic E-state index is 0.535. The van der Waals surface area contributed by atoms with Crippen molar-refractivity contribution >= 4 is 0 Å². The molecule has 0 aromatic heterocycles. The quantitative estimate of drug-likeness (QED) is 0.780. The first-order chi connectivity index (χ1) is 8.55. The van der Waals surface area contributed by atoms with Crippen molar-refractivity contribution in [1.29, 1.82) is 0 Å². The van der Waals surface area contributed by atoms with Gasteiger partial charge in [-0.15, -0.1) is 0 Å². The molecule has 2 fully saturated rings. The van der Waals surface area contributed by atoms with Crippen LogP contribution < -0.4 is 5.32 Å². The van der Waals surface area contributed by atoms with Crippen molar-refractivity contribution in [2.75, 3.05) is 20.1 Å². The Morgan fingerprint density at radius 2 is 1.94 bits per heavy atom. The third-order valence-corrected chi connectivity index (χ3v) is 4.90. The van der Waals surface area contributed by atoms with Gasteiger partial charge in [0.05, 0.1) is 0 Å². The van der Waals surface area contributed by atoms with Gasteiger partial charge in [0.15, 0.2) is 0 Å². The van der Waals surface area contributed by atoms with Crippen LogP contribution in [-0.2, 0) is 0 Å². The Balaban J connectivity index is 2.02. The highest BCUT2D eigenvalue weighted by Crippen LogP contribution is 2.39. The molecule has 2 nitrogen and oxygen atoms in total. The fraction of sp³-hybridized carbons (Fsp3) is 1.00. The molecule has 0 heterocycles. The second-order valence-electron chi connectivity index (χ2n) is 7.31. The fourth-order valence-electron chi connectivity index (χ4n) is 3.58. The van der Waals surface area contributed by atoms with Gasteiger partial charge < -0.3 is 5.32 Å². The summed E-state index contributed by atoms with van der Waals surface area (Å²) in [5.74, 6) is 1.01. The van der Waals surface area contributed by atoms with E-state index in [0.717, 1.165) is 12.0 Å². The molecule has 2 saturated carbocycles. The summed E-state index contributed by atoms with van der Waals surface area (Å²) in [6.45, 7) is 9.87. The molecule has 0 aromatic carbocycles. The predicted molar refractivity (Wildman–Crippen MR) is 78.9 cm³/mol. The summed E-state index contributed by atoms with van der Waals surface area (Å²) in [5, 5.41) is 3.58. The van der Waals surface area contributed by atoms with Gasteiger partial charge >= 0.3 is 0 Å². The second-order valence-corrected chi connectivity index (χ2v) is 7.31. The molecule has 1 N–H and O–H groups in total. The highest BCUT2D eigenvalue weighted by Gasteiger charge is 2.38. The van der Waals surface area contributed by atoms with E-state index in [0.29, 0.717) is 11.5 Å². The molecule has 2 atom stereocenters. The van der Waals surface area contributed by atoms with Gasteiger partial charge in [-0.05, 0) is 63.5 Å². The highest BCUT2D eigenvalue weighted by atomic mass is 15.2. The fourth-order valence-corrected chi connectivity index (χ4v) is 3.58. The van der Waals surface area contributed by atoms with E-state index in [2.05, 4.69) is 38.0 Å². The molecule has 2 aliphatic rings. The SMILES string of the molecule is CCCN(CC1CC1)C1CC(C)(C)CCC1NC. The number of nitrogens with zero attached hydrogens (tertiary/aromatic N) is 1. The first-order valence-electron chi connectivity index (χ1n) is 7.97. The summed E-state index contributed by atoms with van der Waals surface area (Å²) < 4.78 is 0. The molecule has 2 unspecified atom stereocenters. The number of rotatable bonds is 6. The summed E-state index contributed by atoms with van der Waals surface area (Å²) in [5.41, 5.74) is 0.535. The Morgan fingerprint density at radius 3 is 2.50 bits per heavy atom. The molecule has 2 heteroatoms. The summed E-state index contributed by atoms with van der Waals surface area (Å²) in [6, 6.07) is 1.47. The van der Waals surface area contributed by atoms with E-state index in [1.165, 1.54) is 51.6 Å². The number of nitrogens with one attached hydrogen (secondary N) is 1. The summed E-state index contributed by atoms with van der Waals surface area (Å²) in [6.07, 6.45) is 8.32. The first-order valence-corrected chi connectivity index (χ1v) is 7.97. The van der Waals surface area contributed by atoms with Crippen molar-refractivity contribution in [3.63, 3.8) is 0 Å². The molecule has 0 aromatic rings. The molecule has 0 radical (unpaired) electrons. The third-order valence-electron chi connectivity index (χ3n) is 4.90. The molecule has 2 aliphatic carbocycles. The molecule has 106 valence electrons. The van der Waals surface area contributed by atoms with Crippen LogP contribution in [0.2, 0.25) is 0 Å². The monoisotopic (exact) mass is 252 g/mol. The van der Waals surface area contributed by atoms with Crippen molar-refractivity contribution in [2.24, 2.45) is 11.3 Å². The zero-order chi connectivity index (χ0) is 13.2. The molecule has 0 bridgehead atoms. The Kier molecular flexibility index (Phi) is 4.71. The standard InChI is InChI=1S/C16H32N2/c1-5-10-18(12-13-6-7-13)15-11-16(2,3)9-8-14(15)17-4/h13-15,17H,5-12H2,1-4H3. The maximum Gasteiger partial charge on any atom is 0.0254 e. The van der Waals surface area contributed by atoms with Crippen LogP contribution in [0.25, 0.3) is 0 Å². The van der Waals surface area contributed by atoms with E-state index in [1.807, 2.05) is 0 Å². The Hall–Kier alpha value is -0.0800. The lowest BCUT2D eigenvalue weighted by Crippen LogP contribution is -2.54. The second kappa shape index (κ2) is 5.92. The van der Waals surface area contributed by atoms with Crippen LogP contribution in [0.4, 0.5) is 0 Å². The van der Waals surface area contributed by atoms with Gasteiger partial charge in [-0.25, -0.2) is 0 Å². The number of hydrogen-bond acceptors (Lipinski definition) is 2. The van der Waals surface area contributed by atoms with Crippen molar-refractivity contribution in [3.05, 3.63) is 0 Å². The molecule has 18 heavy (non-hydrogen) atoms. The maximum atomic E-state index is 3.58. The van der Waals surface area contributed by atoms with E-state index < -0.39 is 0 Å². The lowest BCUT2D eigenvalue weighted by atomic mass is 9.72. The zero-order valence-electron chi connectivity index (χ0n) is 12.8.